The number of rotatable bonds is 11. The van der Waals surface area contributed by atoms with Gasteiger partial charge in [0.1, 0.15) is 24.5 Å². The molecule has 2 fully saturated rings. The fourth-order valence-corrected chi connectivity index (χ4v) is 7.49. The maximum absolute atomic E-state index is 14.0. The number of nitrogens with zero attached hydrogens (tertiary/aromatic N) is 4. The lowest BCUT2D eigenvalue weighted by Crippen LogP contribution is -2.39. The quantitative estimate of drug-likeness (QED) is 0.144. The third-order valence-corrected chi connectivity index (χ3v) is 10.2. The smallest absolute Gasteiger partial charge is 0.333 e. The third kappa shape index (κ3) is 8.30. The van der Waals surface area contributed by atoms with E-state index in [1.54, 1.807) is 22.2 Å². The Kier molecular flexibility index (Phi) is 10.8. The number of hydrogen-bond acceptors (Lipinski definition) is 8. The minimum Gasteiger partial charge on any atom is -0.473 e. The molecule has 1 aliphatic heterocycles. The van der Waals surface area contributed by atoms with Crippen LogP contribution >= 0.6 is 0 Å². The zero-order valence-electron chi connectivity index (χ0n) is 31.5. The van der Waals surface area contributed by atoms with Crippen LogP contribution in [0.15, 0.2) is 95.8 Å². The second-order valence-corrected chi connectivity index (χ2v) is 15.4. The van der Waals surface area contributed by atoms with Crippen LogP contribution in [-0.4, -0.2) is 55.6 Å². The van der Waals surface area contributed by atoms with E-state index in [4.69, 9.17) is 19.2 Å². The van der Waals surface area contributed by atoms with Gasteiger partial charge < -0.3 is 24.4 Å². The van der Waals surface area contributed by atoms with Gasteiger partial charge >= 0.3 is 11.7 Å². The molecule has 3 aromatic carbocycles. The van der Waals surface area contributed by atoms with Gasteiger partial charge in [0.05, 0.1) is 22.6 Å². The Hall–Kier alpha value is -5.58. The van der Waals surface area contributed by atoms with E-state index in [2.05, 4.69) is 5.32 Å². The van der Waals surface area contributed by atoms with Gasteiger partial charge in [0, 0.05) is 38.2 Å². The van der Waals surface area contributed by atoms with Gasteiger partial charge in [-0.05, 0) is 82.2 Å². The molecule has 282 valence electrons. The number of para-hydroxylation sites is 1. The Balaban J connectivity index is 1.07. The molecule has 3 heterocycles. The molecule has 1 saturated heterocycles. The van der Waals surface area contributed by atoms with Gasteiger partial charge in [0.25, 0.3) is 0 Å². The van der Waals surface area contributed by atoms with Gasteiger partial charge in [-0.25, -0.2) is 4.79 Å². The zero-order valence-corrected chi connectivity index (χ0v) is 31.5. The number of carbonyl (C=O) groups excluding carboxylic acids is 2. The highest BCUT2D eigenvalue weighted by atomic mass is 16.6. The Morgan fingerprint density at radius 2 is 1.46 bits per heavy atom. The van der Waals surface area contributed by atoms with Crippen LogP contribution in [0.5, 0.6) is 11.8 Å². The molecule has 2 aromatic heterocycles. The van der Waals surface area contributed by atoms with E-state index in [9.17, 15) is 14.4 Å². The normalized spacial score (nSPS) is 18.7. The van der Waals surface area contributed by atoms with Crippen molar-refractivity contribution < 1.29 is 23.8 Å². The number of imidazole rings is 1. The number of nitrogens with one attached hydrogen (secondary N) is 1. The summed E-state index contributed by atoms with van der Waals surface area (Å²) in [5, 5.41) is 3.71. The summed E-state index contributed by atoms with van der Waals surface area (Å²) in [7, 11) is 1.78. The molecule has 11 nitrogen and oxygen atoms in total. The SMILES string of the molecule is Cn1c(=O)n(-c2ccc(OCc3ccccc3)nc2OCc2ccccc2)c2cccc(N[C@H]3CC[C@H](C(=O)N4CC[C@@H](C(=O)OC(C)(C)C)C4)CC3)c21. The predicted octanol–water partition coefficient (Wildman–Crippen LogP) is 7.04. The maximum Gasteiger partial charge on any atom is 0.333 e. The lowest BCUT2D eigenvalue weighted by molar-refractivity contribution is -0.159. The highest BCUT2D eigenvalue weighted by molar-refractivity contribution is 5.90. The second-order valence-electron chi connectivity index (χ2n) is 15.4. The van der Waals surface area contributed by atoms with Crippen LogP contribution in [0.25, 0.3) is 16.7 Å². The highest BCUT2D eigenvalue weighted by Crippen LogP contribution is 2.34. The Morgan fingerprint density at radius 3 is 2.13 bits per heavy atom. The summed E-state index contributed by atoms with van der Waals surface area (Å²) >= 11 is 0. The molecule has 1 N–H and O–H groups in total. The van der Waals surface area contributed by atoms with Crippen molar-refractivity contribution in [3.8, 4) is 17.4 Å². The van der Waals surface area contributed by atoms with Crippen LogP contribution < -0.4 is 20.5 Å². The van der Waals surface area contributed by atoms with Crippen molar-refractivity contribution in [2.45, 2.75) is 77.7 Å². The summed E-state index contributed by atoms with van der Waals surface area (Å²) in [5.74, 6) is 0.261. The van der Waals surface area contributed by atoms with Crippen LogP contribution in [0.1, 0.15) is 64.0 Å². The van der Waals surface area contributed by atoms with Crippen molar-refractivity contribution in [3.05, 3.63) is 113 Å². The van der Waals surface area contributed by atoms with Crippen molar-refractivity contribution in [1.29, 1.82) is 0 Å². The van der Waals surface area contributed by atoms with Crippen molar-refractivity contribution >= 4 is 28.6 Å². The van der Waals surface area contributed by atoms with Gasteiger partial charge in [-0.3, -0.25) is 18.7 Å². The third-order valence-electron chi connectivity index (χ3n) is 10.2. The van der Waals surface area contributed by atoms with Crippen LogP contribution in [0.2, 0.25) is 0 Å². The summed E-state index contributed by atoms with van der Waals surface area (Å²) in [5.41, 5.74) is 4.07. The first-order valence-electron chi connectivity index (χ1n) is 18.9. The molecule has 0 unspecified atom stereocenters. The first-order chi connectivity index (χ1) is 26.0. The average molecular weight is 732 g/mol. The number of fused-ring (bicyclic) bond motifs is 1. The van der Waals surface area contributed by atoms with Crippen LogP contribution in [0, 0.1) is 11.8 Å². The maximum atomic E-state index is 14.0. The number of aromatic nitrogens is 3. The Bertz CT molecular complexity index is 2150. The van der Waals surface area contributed by atoms with Crippen molar-refractivity contribution in [3.63, 3.8) is 0 Å². The van der Waals surface area contributed by atoms with Crippen molar-refractivity contribution in [1.82, 2.24) is 19.0 Å². The van der Waals surface area contributed by atoms with Gasteiger partial charge in [0.15, 0.2) is 0 Å². The molecular weight excluding hydrogens is 683 g/mol. The highest BCUT2D eigenvalue weighted by Gasteiger charge is 2.37. The van der Waals surface area contributed by atoms with E-state index in [0.717, 1.165) is 48.0 Å². The largest absolute Gasteiger partial charge is 0.473 e. The number of esters is 1. The molecule has 0 bridgehead atoms. The summed E-state index contributed by atoms with van der Waals surface area (Å²) in [6, 6.07) is 29.3. The van der Waals surface area contributed by atoms with E-state index < -0.39 is 5.60 Å². The number of amides is 1. The molecule has 7 rings (SSSR count). The molecule has 5 aromatic rings. The number of aryl methyl sites for hydroxylation is 1. The number of carbonyl (C=O) groups is 2. The molecule has 0 radical (unpaired) electrons. The molecule has 0 spiro atoms. The minimum absolute atomic E-state index is 0.0666. The lowest BCUT2D eigenvalue weighted by Gasteiger charge is -2.31. The molecule has 1 aliphatic carbocycles. The first kappa shape index (κ1) is 36.8. The second kappa shape index (κ2) is 15.8. The summed E-state index contributed by atoms with van der Waals surface area (Å²) in [4.78, 5) is 46.7. The van der Waals surface area contributed by atoms with Crippen LogP contribution in [0.3, 0.4) is 0 Å². The number of benzene rings is 3. The topological polar surface area (TPSA) is 117 Å². The number of pyridine rings is 1. The number of ether oxygens (including phenoxy) is 3. The first-order valence-corrected chi connectivity index (χ1v) is 18.9. The molecule has 11 heteroatoms. The molecular formula is C43H49N5O6. The van der Waals surface area contributed by atoms with Crippen LogP contribution in [-0.2, 0) is 34.6 Å². The standard InChI is InChI=1S/C43H49N5O6/c1-43(2,3)54-41(50)32-24-25-47(26-32)40(49)31-18-20-33(21-19-31)44-34-16-11-17-35-38(34)46(4)42(51)48(35)36-22-23-37(52-27-29-12-7-5-8-13-29)45-39(36)53-28-30-14-9-6-10-15-30/h5-17,22-23,31-33,44H,18-21,24-28H2,1-4H3/t31-,32-,33-/m1/s1. The fourth-order valence-electron chi connectivity index (χ4n) is 7.49. The number of likely N-dealkylation sites (tertiary alicyclic amines) is 1. The minimum atomic E-state index is -0.542. The monoisotopic (exact) mass is 731 g/mol. The fraction of sp³-hybridized carbons (Fsp3) is 0.395. The van der Waals surface area contributed by atoms with E-state index in [0.29, 0.717) is 43.2 Å². The molecule has 1 amide bonds. The molecule has 1 atom stereocenters. The van der Waals surface area contributed by atoms with Crippen molar-refractivity contribution in [2.24, 2.45) is 18.9 Å². The summed E-state index contributed by atoms with van der Waals surface area (Å²) < 4.78 is 21.2. The van der Waals surface area contributed by atoms with Gasteiger partial charge in [0.2, 0.25) is 17.7 Å². The van der Waals surface area contributed by atoms with Gasteiger partial charge in [-0.15, -0.1) is 0 Å². The van der Waals surface area contributed by atoms with Gasteiger partial charge in [-0.1, -0.05) is 66.7 Å². The molecule has 2 aliphatic rings. The van der Waals surface area contributed by atoms with E-state index >= 15 is 0 Å². The predicted molar refractivity (Wildman–Crippen MR) is 208 cm³/mol. The van der Waals surface area contributed by atoms with E-state index in [1.807, 2.05) is 111 Å². The Morgan fingerprint density at radius 1 is 0.796 bits per heavy atom. The Labute approximate surface area is 315 Å². The van der Waals surface area contributed by atoms with Crippen molar-refractivity contribution in [2.75, 3.05) is 18.4 Å². The lowest BCUT2D eigenvalue weighted by atomic mass is 9.85. The average Bonchev–Trinajstić information content (AvgIpc) is 3.77. The van der Waals surface area contributed by atoms with Gasteiger partial charge in [-0.2, -0.15) is 4.98 Å². The summed E-state index contributed by atoms with van der Waals surface area (Å²) in [6.45, 7) is 7.22. The number of hydrogen-bond donors (Lipinski definition) is 1. The van der Waals surface area contributed by atoms with E-state index in [1.165, 1.54) is 0 Å². The van der Waals surface area contributed by atoms with Crippen LogP contribution in [0.4, 0.5) is 5.69 Å². The molecule has 1 saturated carbocycles. The number of anilines is 1. The molecule has 54 heavy (non-hydrogen) atoms. The zero-order chi connectivity index (χ0) is 37.8. The summed E-state index contributed by atoms with van der Waals surface area (Å²) in [6.07, 6.45) is 3.79. The van der Waals surface area contributed by atoms with E-state index in [-0.39, 0.29) is 47.9 Å².